The highest BCUT2D eigenvalue weighted by Crippen LogP contribution is 2.21. The molecule has 2 aromatic rings. The molecule has 0 bridgehead atoms. The molecule has 2 rings (SSSR count). The fourth-order valence-electron chi connectivity index (χ4n) is 3.21. The molecule has 1 heterocycles. The van der Waals surface area contributed by atoms with Gasteiger partial charge in [-0.1, -0.05) is 70.1 Å². The summed E-state index contributed by atoms with van der Waals surface area (Å²) in [5.74, 6) is 0. The number of hydrogen-bond acceptors (Lipinski definition) is 3. The van der Waals surface area contributed by atoms with Gasteiger partial charge in [0.15, 0.2) is 0 Å². The molecule has 0 aliphatic rings. The average Bonchev–Trinajstić information content (AvgIpc) is 2.68. The molecule has 0 aliphatic carbocycles. The standard InChI is InChI=1S/C23H36N2O/c1-2-3-19-26-20-13-9-7-5-4-6-8-12-17-24-23-16-18-25-22-15-11-10-14-21(22)23/h10-11,14-16,18H,2-9,12-13,17,19-20H2,1H3,(H,24,25). The van der Waals surface area contributed by atoms with Crippen molar-refractivity contribution in [1.82, 2.24) is 4.98 Å². The van der Waals surface area contributed by atoms with Gasteiger partial charge in [-0.05, 0) is 31.4 Å². The maximum atomic E-state index is 5.60. The molecule has 3 nitrogen and oxygen atoms in total. The Morgan fingerprint density at radius 2 is 1.50 bits per heavy atom. The summed E-state index contributed by atoms with van der Waals surface area (Å²) in [7, 11) is 0. The molecule has 0 atom stereocenters. The molecule has 1 aromatic carbocycles. The summed E-state index contributed by atoms with van der Waals surface area (Å²) in [6.07, 6.45) is 14.9. The minimum atomic E-state index is 0.944. The summed E-state index contributed by atoms with van der Waals surface area (Å²) in [4.78, 5) is 4.41. The van der Waals surface area contributed by atoms with E-state index in [0.29, 0.717) is 0 Å². The minimum absolute atomic E-state index is 0.944. The molecular weight excluding hydrogens is 320 g/mol. The summed E-state index contributed by atoms with van der Waals surface area (Å²) in [5, 5.41) is 4.79. The van der Waals surface area contributed by atoms with Crippen molar-refractivity contribution in [2.24, 2.45) is 0 Å². The van der Waals surface area contributed by atoms with Crippen molar-refractivity contribution >= 4 is 16.6 Å². The molecule has 0 saturated carbocycles. The molecule has 0 spiro atoms. The minimum Gasteiger partial charge on any atom is -0.384 e. The average molecular weight is 357 g/mol. The summed E-state index contributed by atoms with van der Waals surface area (Å²) in [6.45, 7) is 5.15. The maximum Gasteiger partial charge on any atom is 0.0722 e. The van der Waals surface area contributed by atoms with Gasteiger partial charge in [0.1, 0.15) is 0 Å². The first kappa shape index (κ1) is 20.7. The van der Waals surface area contributed by atoms with Crippen molar-refractivity contribution < 1.29 is 4.74 Å². The van der Waals surface area contributed by atoms with Crippen LogP contribution in [0, 0.1) is 0 Å². The molecule has 26 heavy (non-hydrogen) atoms. The monoisotopic (exact) mass is 356 g/mol. The Hall–Kier alpha value is -1.61. The zero-order chi connectivity index (χ0) is 18.3. The first-order chi connectivity index (χ1) is 12.9. The highest BCUT2D eigenvalue weighted by molar-refractivity contribution is 5.90. The second-order valence-electron chi connectivity index (χ2n) is 7.10. The molecule has 1 aromatic heterocycles. The van der Waals surface area contributed by atoms with E-state index in [1.807, 2.05) is 12.3 Å². The summed E-state index contributed by atoms with van der Waals surface area (Å²) in [6, 6.07) is 10.4. The predicted molar refractivity (Wildman–Crippen MR) is 113 cm³/mol. The summed E-state index contributed by atoms with van der Waals surface area (Å²) >= 11 is 0. The van der Waals surface area contributed by atoms with E-state index >= 15 is 0 Å². The fraction of sp³-hybridized carbons (Fsp3) is 0.609. The van der Waals surface area contributed by atoms with Crippen LogP contribution in [0.15, 0.2) is 36.5 Å². The number of rotatable bonds is 15. The van der Waals surface area contributed by atoms with Crippen molar-refractivity contribution in [2.45, 2.75) is 71.1 Å². The Bertz CT molecular complexity index is 594. The number of aromatic nitrogens is 1. The van der Waals surface area contributed by atoms with Crippen LogP contribution in [0.4, 0.5) is 5.69 Å². The predicted octanol–water partition coefficient (Wildman–Crippen LogP) is 6.58. The number of fused-ring (bicyclic) bond motifs is 1. The highest BCUT2D eigenvalue weighted by atomic mass is 16.5. The highest BCUT2D eigenvalue weighted by Gasteiger charge is 2.00. The van der Waals surface area contributed by atoms with Crippen LogP contribution in [0.5, 0.6) is 0 Å². The van der Waals surface area contributed by atoms with E-state index in [4.69, 9.17) is 4.74 Å². The van der Waals surface area contributed by atoms with Crippen LogP contribution in [0.2, 0.25) is 0 Å². The van der Waals surface area contributed by atoms with Crippen LogP contribution in [0.3, 0.4) is 0 Å². The van der Waals surface area contributed by atoms with Gasteiger partial charge in [-0.15, -0.1) is 0 Å². The molecular formula is C23H36N2O. The lowest BCUT2D eigenvalue weighted by atomic mass is 10.1. The van der Waals surface area contributed by atoms with Crippen LogP contribution in [0.25, 0.3) is 10.9 Å². The zero-order valence-corrected chi connectivity index (χ0v) is 16.5. The van der Waals surface area contributed by atoms with Crippen molar-refractivity contribution in [3.05, 3.63) is 36.5 Å². The first-order valence-corrected chi connectivity index (χ1v) is 10.6. The Labute approximate surface area is 159 Å². The van der Waals surface area contributed by atoms with Gasteiger partial charge in [0.2, 0.25) is 0 Å². The molecule has 0 fully saturated rings. The Morgan fingerprint density at radius 3 is 2.31 bits per heavy atom. The smallest absolute Gasteiger partial charge is 0.0722 e. The van der Waals surface area contributed by atoms with Crippen molar-refractivity contribution in [1.29, 1.82) is 0 Å². The van der Waals surface area contributed by atoms with Gasteiger partial charge in [0, 0.05) is 37.0 Å². The number of pyridine rings is 1. The normalized spacial score (nSPS) is 11.1. The first-order valence-electron chi connectivity index (χ1n) is 10.6. The van der Waals surface area contributed by atoms with Gasteiger partial charge in [0.25, 0.3) is 0 Å². The van der Waals surface area contributed by atoms with Crippen molar-refractivity contribution in [2.75, 3.05) is 25.1 Å². The van der Waals surface area contributed by atoms with Gasteiger partial charge < -0.3 is 10.1 Å². The number of nitrogens with one attached hydrogen (secondary N) is 1. The molecule has 1 N–H and O–H groups in total. The Balaban J connectivity index is 1.43. The third-order valence-electron chi connectivity index (χ3n) is 4.82. The van der Waals surface area contributed by atoms with E-state index in [2.05, 4.69) is 41.5 Å². The van der Waals surface area contributed by atoms with Gasteiger partial charge in [-0.3, -0.25) is 4.98 Å². The molecule has 0 unspecified atom stereocenters. The zero-order valence-electron chi connectivity index (χ0n) is 16.5. The van der Waals surface area contributed by atoms with E-state index in [9.17, 15) is 0 Å². The van der Waals surface area contributed by atoms with E-state index in [0.717, 1.165) is 25.3 Å². The maximum absolute atomic E-state index is 5.60. The number of hydrogen-bond donors (Lipinski definition) is 1. The lowest BCUT2D eigenvalue weighted by Crippen LogP contribution is -2.02. The Kier molecular flexibility index (Phi) is 10.8. The van der Waals surface area contributed by atoms with Crippen LogP contribution >= 0.6 is 0 Å². The number of anilines is 1. The third-order valence-corrected chi connectivity index (χ3v) is 4.82. The second kappa shape index (κ2) is 13.6. The van der Waals surface area contributed by atoms with E-state index in [1.54, 1.807) is 0 Å². The van der Waals surface area contributed by atoms with Gasteiger partial charge in [-0.25, -0.2) is 0 Å². The number of nitrogens with zero attached hydrogens (tertiary/aromatic N) is 1. The van der Waals surface area contributed by atoms with E-state index in [1.165, 1.54) is 75.3 Å². The number of ether oxygens (including phenoxy) is 1. The summed E-state index contributed by atoms with van der Waals surface area (Å²) in [5.41, 5.74) is 2.27. The molecule has 3 heteroatoms. The second-order valence-corrected chi connectivity index (χ2v) is 7.10. The van der Waals surface area contributed by atoms with Crippen molar-refractivity contribution in [3.8, 4) is 0 Å². The van der Waals surface area contributed by atoms with Crippen LogP contribution in [-0.4, -0.2) is 24.7 Å². The number of unbranched alkanes of at least 4 members (excludes halogenated alkanes) is 8. The molecule has 0 aliphatic heterocycles. The lowest BCUT2D eigenvalue weighted by molar-refractivity contribution is 0.127. The summed E-state index contributed by atoms with van der Waals surface area (Å²) < 4.78 is 5.60. The Morgan fingerprint density at radius 1 is 0.808 bits per heavy atom. The quantitative estimate of drug-likeness (QED) is 0.366. The van der Waals surface area contributed by atoms with Crippen LogP contribution in [-0.2, 0) is 4.74 Å². The largest absolute Gasteiger partial charge is 0.384 e. The van der Waals surface area contributed by atoms with Gasteiger partial charge >= 0.3 is 0 Å². The number of benzene rings is 1. The van der Waals surface area contributed by atoms with Gasteiger partial charge in [-0.2, -0.15) is 0 Å². The van der Waals surface area contributed by atoms with E-state index < -0.39 is 0 Å². The molecule has 0 saturated heterocycles. The van der Waals surface area contributed by atoms with Crippen molar-refractivity contribution in [3.63, 3.8) is 0 Å². The molecule has 144 valence electrons. The number of para-hydroxylation sites is 1. The van der Waals surface area contributed by atoms with Crippen LogP contribution < -0.4 is 5.32 Å². The topological polar surface area (TPSA) is 34.1 Å². The molecule has 0 amide bonds. The third kappa shape index (κ3) is 8.18. The van der Waals surface area contributed by atoms with E-state index in [-0.39, 0.29) is 0 Å². The fourth-order valence-corrected chi connectivity index (χ4v) is 3.21. The van der Waals surface area contributed by atoms with Crippen LogP contribution in [0.1, 0.15) is 71.1 Å². The SMILES string of the molecule is CCCCOCCCCCCCCCCNc1ccnc2ccccc12. The lowest BCUT2D eigenvalue weighted by Gasteiger charge is -2.09. The molecule has 0 radical (unpaired) electrons. The van der Waals surface area contributed by atoms with Gasteiger partial charge in [0.05, 0.1) is 5.52 Å².